The van der Waals surface area contributed by atoms with Gasteiger partial charge in [0.2, 0.25) is 5.69 Å². The van der Waals surface area contributed by atoms with E-state index in [9.17, 15) is 9.59 Å². The lowest BCUT2D eigenvalue weighted by Crippen LogP contribution is -2.33. The number of nitrogens with zero attached hydrogens (tertiary/aromatic N) is 4. The van der Waals surface area contributed by atoms with Crippen molar-refractivity contribution in [3.63, 3.8) is 0 Å². The number of ether oxygens (including phenoxy) is 1. The van der Waals surface area contributed by atoms with E-state index in [1.165, 1.54) is 25.0 Å². The predicted octanol–water partition coefficient (Wildman–Crippen LogP) is 4.32. The summed E-state index contributed by atoms with van der Waals surface area (Å²) in [7, 11) is 0. The molecule has 158 valence electrons. The van der Waals surface area contributed by atoms with Crippen molar-refractivity contribution in [1.29, 1.82) is 5.26 Å². The Balaban J connectivity index is 1.49. The summed E-state index contributed by atoms with van der Waals surface area (Å²) >= 11 is 12.7. The minimum absolute atomic E-state index is 0.119. The molecule has 0 saturated heterocycles. The second-order valence-corrected chi connectivity index (χ2v) is 8.15. The largest absolute Gasteiger partial charge is 0.454 e. The van der Waals surface area contributed by atoms with Gasteiger partial charge in [0.1, 0.15) is 11.8 Å². The molecule has 5 rings (SSSR count). The van der Waals surface area contributed by atoms with Crippen LogP contribution in [0.25, 0.3) is 16.6 Å². The second kappa shape index (κ2) is 7.79. The summed E-state index contributed by atoms with van der Waals surface area (Å²) in [5.74, 6) is 1.28. The number of aromatic amines is 1. The number of nitrogens with one attached hydrogen (secondary N) is 1. The number of halogens is 2. The van der Waals surface area contributed by atoms with Crippen LogP contribution in [0.4, 0.5) is 0 Å². The van der Waals surface area contributed by atoms with Crippen LogP contribution in [0.3, 0.4) is 0 Å². The van der Waals surface area contributed by atoms with E-state index in [0.717, 1.165) is 21.3 Å². The van der Waals surface area contributed by atoms with E-state index in [2.05, 4.69) is 5.10 Å². The fourth-order valence-electron chi connectivity index (χ4n) is 3.32. The van der Waals surface area contributed by atoms with Gasteiger partial charge in [0.25, 0.3) is 5.56 Å². The third kappa shape index (κ3) is 3.73. The fraction of sp³-hybridized carbons (Fsp3) is 0.136. The zero-order chi connectivity index (χ0) is 22.4. The van der Waals surface area contributed by atoms with Crippen molar-refractivity contribution >= 4 is 34.1 Å². The molecule has 0 bridgehead atoms. The average Bonchev–Trinajstić information content (AvgIpc) is 3.61. The Morgan fingerprint density at radius 1 is 1.09 bits per heavy atom. The highest BCUT2D eigenvalue weighted by Gasteiger charge is 2.25. The first kappa shape index (κ1) is 20.2. The maximum Gasteiger partial charge on any atom is 0.349 e. The molecule has 1 fully saturated rings. The summed E-state index contributed by atoms with van der Waals surface area (Å²) in [4.78, 5) is 30.4. The maximum absolute atomic E-state index is 12.1. The van der Waals surface area contributed by atoms with Gasteiger partial charge in [-0.2, -0.15) is 9.94 Å². The minimum atomic E-state index is -0.874. The molecule has 0 aliphatic heterocycles. The molecule has 10 heteroatoms. The Labute approximate surface area is 190 Å². The number of benzene rings is 2. The Bertz CT molecular complexity index is 1530. The molecule has 0 amide bonds. The van der Waals surface area contributed by atoms with E-state index in [-0.39, 0.29) is 21.5 Å². The van der Waals surface area contributed by atoms with E-state index < -0.39 is 16.9 Å². The average molecular weight is 466 g/mol. The van der Waals surface area contributed by atoms with Crippen LogP contribution in [0.5, 0.6) is 11.5 Å². The Kier molecular flexibility index (Phi) is 4.93. The zero-order valence-corrected chi connectivity index (χ0v) is 17.8. The fourth-order valence-corrected chi connectivity index (χ4v) is 3.87. The Morgan fingerprint density at radius 2 is 1.84 bits per heavy atom. The zero-order valence-electron chi connectivity index (χ0n) is 16.3. The first-order valence-corrected chi connectivity index (χ1v) is 10.4. The summed E-state index contributed by atoms with van der Waals surface area (Å²) < 4.78 is 6.75. The van der Waals surface area contributed by atoms with Gasteiger partial charge in [0, 0.05) is 17.0 Å². The molecule has 0 radical (unpaired) electrons. The van der Waals surface area contributed by atoms with Crippen LogP contribution in [-0.4, -0.2) is 19.7 Å². The molecule has 8 nitrogen and oxygen atoms in total. The molecule has 1 N–H and O–H groups in total. The van der Waals surface area contributed by atoms with Crippen molar-refractivity contribution in [2.24, 2.45) is 0 Å². The molecular formula is C22H13Cl2N5O3. The monoisotopic (exact) mass is 465 g/mol. The van der Waals surface area contributed by atoms with Crippen LogP contribution >= 0.6 is 23.2 Å². The van der Waals surface area contributed by atoms with Crippen molar-refractivity contribution in [2.45, 2.75) is 18.8 Å². The van der Waals surface area contributed by atoms with Crippen LogP contribution < -0.4 is 16.0 Å². The smallest absolute Gasteiger partial charge is 0.349 e. The molecule has 1 saturated carbocycles. The van der Waals surface area contributed by atoms with Crippen molar-refractivity contribution in [3.05, 3.63) is 84.7 Å². The van der Waals surface area contributed by atoms with Crippen LogP contribution in [-0.2, 0) is 0 Å². The quantitative estimate of drug-likeness (QED) is 0.479. The van der Waals surface area contributed by atoms with Gasteiger partial charge in [-0.3, -0.25) is 14.8 Å². The predicted molar refractivity (Wildman–Crippen MR) is 119 cm³/mol. The summed E-state index contributed by atoms with van der Waals surface area (Å²) in [6, 6.07) is 14.0. The standard InChI is InChI=1S/C22H13Cl2N5O3/c23-15-8-13(29-22(31)27-21(30)19(10-25)28-29)9-16(24)20(15)32-14-4-6-18-12(7-14)3-5-17(26-18)11-1-2-11/h3-9,11H,1-2H2,(H,27,30,31). The molecule has 0 spiro atoms. The highest BCUT2D eigenvalue weighted by Crippen LogP contribution is 2.41. The third-order valence-corrected chi connectivity index (χ3v) is 5.62. The van der Waals surface area contributed by atoms with Crippen LogP contribution in [0.1, 0.15) is 30.1 Å². The summed E-state index contributed by atoms with van der Waals surface area (Å²) in [5.41, 5.74) is -0.0137. The first-order valence-electron chi connectivity index (χ1n) is 9.64. The number of aromatic nitrogens is 4. The maximum atomic E-state index is 12.1. The summed E-state index contributed by atoms with van der Waals surface area (Å²) in [6.07, 6.45) is 2.37. The number of hydrogen-bond donors (Lipinski definition) is 1. The number of fused-ring (bicyclic) bond motifs is 1. The topological polar surface area (TPSA) is 114 Å². The number of rotatable bonds is 4. The van der Waals surface area contributed by atoms with Gasteiger partial charge in [-0.1, -0.05) is 29.3 Å². The summed E-state index contributed by atoms with van der Waals surface area (Å²) in [6.45, 7) is 0. The van der Waals surface area contributed by atoms with Crippen molar-refractivity contribution in [2.75, 3.05) is 0 Å². The molecule has 0 unspecified atom stereocenters. The van der Waals surface area contributed by atoms with Crippen LogP contribution in [0.15, 0.2) is 52.1 Å². The third-order valence-electron chi connectivity index (χ3n) is 5.06. The lowest BCUT2D eigenvalue weighted by Gasteiger charge is -2.13. The number of H-pyrrole nitrogens is 1. The first-order chi connectivity index (χ1) is 15.4. The van der Waals surface area contributed by atoms with E-state index >= 15 is 0 Å². The SMILES string of the molecule is N#Cc1nn(-c2cc(Cl)c(Oc3ccc4nc(C5CC5)ccc4c3)c(Cl)c2)c(=O)[nH]c1=O. The van der Waals surface area contributed by atoms with Crippen molar-refractivity contribution < 1.29 is 4.74 Å². The van der Waals surface area contributed by atoms with Gasteiger partial charge in [0.05, 0.1) is 21.2 Å². The van der Waals surface area contributed by atoms with Gasteiger partial charge < -0.3 is 4.74 Å². The van der Waals surface area contributed by atoms with E-state index in [1.807, 2.05) is 29.2 Å². The van der Waals surface area contributed by atoms with Gasteiger partial charge >= 0.3 is 5.69 Å². The normalized spacial score (nSPS) is 13.2. The molecular weight excluding hydrogens is 453 g/mol. The lowest BCUT2D eigenvalue weighted by atomic mass is 10.1. The van der Waals surface area contributed by atoms with Crippen molar-refractivity contribution in [1.82, 2.24) is 19.7 Å². The molecule has 4 aromatic rings. The molecule has 2 heterocycles. The number of pyridine rings is 1. The lowest BCUT2D eigenvalue weighted by molar-refractivity contribution is 0.483. The second-order valence-electron chi connectivity index (χ2n) is 7.34. The molecule has 0 atom stereocenters. The molecule has 1 aliphatic rings. The molecule has 2 aromatic carbocycles. The highest BCUT2D eigenvalue weighted by atomic mass is 35.5. The van der Waals surface area contributed by atoms with Gasteiger partial charge in [-0.15, -0.1) is 5.10 Å². The van der Waals surface area contributed by atoms with Crippen LogP contribution in [0, 0.1) is 11.3 Å². The Hall–Kier alpha value is -3.67. The van der Waals surface area contributed by atoms with Gasteiger partial charge in [0.15, 0.2) is 5.75 Å². The summed E-state index contributed by atoms with van der Waals surface area (Å²) in [5, 5.41) is 13.9. The number of nitriles is 1. The van der Waals surface area contributed by atoms with E-state index in [1.54, 1.807) is 12.1 Å². The van der Waals surface area contributed by atoms with Crippen LogP contribution in [0.2, 0.25) is 10.0 Å². The molecule has 32 heavy (non-hydrogen) atoms. The van der Waals surface area contributed by atoms with E-state index in [4.69, 9.17) is 38.2 Å². The van der Waals surface area contributed by atoms with E-state index in [0.29, 0.717) is 11.7 Å². The Morgan fingerprint density at radius 3 is 2.53 bits per heavy atom. The van der Waals surface area contributed by atoms with Gasteiger partial charge in [-0.25, -0.2) is 4.79 Å². The highest BCUT2D eigenvalue weighted by molar-refractivity contribution is 6.37. The number of hydrogen-bond acceptors (Lipinski definition) is 6. The minimum Gasteiger partial charge on any atom is -0.454 e. The van der Waals surface area contributed by atoms with Crippen molar-refractivity contribution in [3.8, 4) is 23.3 Å². The van der Waals surface area contributed by atoms with Gasteiger partial charge in [-0.05, 0) is 49.2 Å². The molecule has 1 aliphatic carbocycles. The molecule has 2 aromatic heterocycles.